The molecule has 1 N–H and O–H groups in total. The zero-order chi connectivity index (χ0) is 14.4. The minimum atomic E-state index is 0.238. The summed E-state index contributed by atoms with van der Waals surface area (Å²) in [5, 5.41) is 3.47. The maximum absolute atomic E-state index is 5.70. The Morgan fingerprint density at radius 2 is 2.05 bits per heavy atom. The van der Waals surface area contributed by atoms with Crippen molar-refractivity contribution in [2.45, 2.75) is 52.3 Å². The Bertz CT molecular complexity index is 382. The first-order chi connectivity index (χ1) is 9.69. The Hall–Kier alpha value is -1.06. The minimum absolute atomic E-state index is 0.238. The van der Waals surface area contributed by atoms with Gasteiger partial charge in [-0.3, -0.25) is 4.90 Å². The molecule has 0 bridgehead atoms. The monoisotopic (exact) mass is 276 g/mol. The largest absolute Gasteiger partial charge is 0.491 e. The van der Waals surface area contributed by atoms with Gasteiger partial charge in [0.2, 0.25) is 0 Å². The molecule has 1 unspecified atom stereocenters. The number of ether oxygens (including phenoxy) is 1. The predicted molar refractivity (Wildman–Crippen MR) is 84.2 cm³/mol. The van der Waals surface area contributed by atoms with Crippen LogP contribution >= 0.6 is 0 Å². The van der Waals surface area contributed by atoms with E-state index < -0.39 is 0 Å². The van der Waals surface area contributed by atoms with Gasteiger partial charge in [-0.05, 0) is 57.5 Å². The van der Waals surface area contributed by atoms with Gasteiger partial charge in [-0.25, -0.2) is 0 Å². The van der Waals surface area contributed by atoms with E-state index in [1.807, 2.05) is 0 Å². The summed E-state index contributed by atoms with van der Waals surface area (Å²) in [6.45, 7) is 10.9. The molecule has 0 amide bonds. The molecular formula is C17H28N2O. The zero-order valence-corrected chi connectivity index (χ0v) is 13.1. The lowest BCUT2D eigenvalue weighted by Gasteiger charge is -2.28. The fraction of sp³-hybridized carbons (Fsp3) is 0.647. The van der Waals surface area contributed by atoms with Crippen LogP contribution in [0.1, 0.15) is 39.2 Å². The van der Waals surface area contributed by atoms with E-state index in [9.17, 15) is 0 Å². The molecule has 1 aromatic rings. The molecule has 1 aromatic carbocycles. The van der Waals surface area contributed by atoms with Crippen molar-refractivity contribution in [1.82, 2.24) is 10.2 Å². The minimum Gasteiger partial charge on any atom is -0.491 e. The fourth-order valence-electron chi connectivity index (χ4n) is 2.81. The van der Waals surface area contributed by atoms with Gasteiger partial charge in [-0.1, -0.05) is 19.1 Å². The molecule has 1 aliphatic rings. The van der Waals surface area contributed by atoms with Crippen molar-refractivity contribution in [2.75, 3.05) is 19.6 Å². The van der Waals surface area contributed by atoms with Crippen LogP contribution in [0.2, 0.25) is 0 Å². The number of nitrogens with one attached hydrogen (secondary N) is 1. The van der Waals surface area contributed by atoms with E-state index in [-0.39, 0.29) is 6.10 Å². The average Bonchev–Trinajstić information content (AvgIpc) is 2.94. The molecule has 1 fully saturated rings. The standard InChI is InChI=1S/C17H28N2O/c1-4-11-19(16-9-10-18-12-16)13-15-5-7-17(8-6-15)20-14(2)3/h5-8,14,16,18H,4,9-13H2,1-3H3. The second-order valence-corrected chi connectivity index (χ2v) is 5.93. The maximum atomic E-state index is 5.70. The van der Waals surface area contributed by atoms with Gasteiger partial charge < -0.3 is 10.1 Å². The van der Waals surface area contributed by atoms with Crippen molar-refractivity contribution in [1.29, 1.82) is 0 Å². The second kappa shape index (κ2) is 7.65. The van der Waals surface area contributed by atoms with Gasteiger partial charge in [-0.2, -0.15) is 0 Å². The lowest BCUT2D eigenvalue weighted by Crippen LogP contribution is -2.36. The number of rotatable bonds is 7. The molecule has 0 saturated carbocycles. The normalized spacial score (nSPS) is 18.9. The number of benzene rings is 1. The molecule has 0 aliphatic carbocycles. The van der Waals surface area contributed by atoms with Gasteiger partial charge in [0.05, 0.1) is 6.10 Å². The average molecular weight is 276 g/mol. The molecule has 3 nitrogen and oxygen atoms in total. The number of nitrogens with zero attached hydrogens (tertiary/aromatic N) is 1. The summed E-state index contributed by atoms with van der Waals surface area (Å²) in [5.41, 5.74) is 1.38. The van der Waals surface area contributed by atoms with Crippen molar-refractivity contribution >= 4 is 0 Å². The van der Waals surface area contributed by atoms with Gasteiger partial charge in [0, 0.05) is 19.1 Å². The third-order valence-electron chi connectivity index (χ3n) is 3.74. The van der Waals surface area contributed by atoms with Crippen LogP contribution in [0.5, 0.6) is 5.75 Å². The van der Waals surface area contributed by atoms with Gasteiger partial charge in [0.15, 0.2) is 0 Å². The molecule has 2 rings (SSSR count). The molecule has 0 spiro atoms. The van der Waals surface area contributed by atoms with Crippen molar-refractivity contribution in [3.05, 3.63) is 29.8 Å². The van der Waals surface area contributed by atoms with Gasteiger partial charge >= 0.3 is 0 Å². The quantitative estimate of drug-likeness (QED) is 0.828. The highest BCUT2D eigenvalue weighted by atomic mass is 16.5. The van der Waals surface area contributed by atoms with Crippen molar-refractivity contribution in [3.8, 4) is 5.75 Å². The summed E-state index contributed by atoms with van der Waals surface area (Å²) in [4.78, 5) is 2.61. The van der Waals surface area contributed by atoms with Crippen LogP contribution in [0.4, 0.5) is 0 Å². The highest BCUT2D eigenvalue weighted by molar-refractivity contribution is 5.27. The molecule has 0 aromatic heterocycles. The summed E-state index contributed by atoms with van der Waals surface area (Å²) in [6.07, 6.45) is 2.72. The summed E-state index contributed by atoms with van der Waals surface area (Å²) >= 11 is 0. The van der Waals surface area contributed by atoms with Crippen LogP contribution in [0, 0.1) is 0 Å². The van der Waals surface area contributed by atoms with Crippen LogP contribution in [-0.4, -0.2) is 36.7 Å². The van der Waals surface area contributed by atoms with Gasteiger partial charge in [-0.15, -0.1) is 0 Å². The van der Waals surface area contributed by atoms with E-state index in [0.29, 0.717) is 6.04 Å². The van der Waals surface area contributed by atoms with Crippen molar-refractivity contribution in [3.63, 3.8) is 0 Å². The lowest BCUT2D eigenvalue weighted by atomic mass is 10.1. The second-order valence-electron chi connectivity index (χ2n) is 5.93. The first-order valence-corrected chi connectivity index (χ1v) is 7.89. The third kappa shape index (κ3) is 4.50. The third-order valence-corrected chi connectivity index (χ3v) is 3.74. The van der Waals surface area contributed by atoms with Crippen LogP contribution in [0.15, 0.2) is 24.3 Å². The van der Waals surface area contributed by atoms with Gasteiger partial charge in [0.1, 0.15) is 5.75 Å². The van der Waals surface area contributed by atoms with E-state index in [2.05, 4.69) is 55.3 Å². The Labute approximate surface area is 123 Å². The number of hydrogen-bond acceptors (Lipinski definition) is 3. The molecule has 112 valence electrons. The first kappa shape index (κ1) is 15.3. The molecule has 1 aliphatic heterocycles. The van der Waals surface area contributed by atoms with Crippen LogP contribution in [-0.2, 0) is 6.54 Å². The highest BCUT2D eigenvalue weighted by Gasteiger charge is 2.21. The Kier molecular flexibility index (Phi) is 5.86. The smallest absolute Gasteiger partial charge is 0.119 e. The van der Waals surface area contributed by atoms with E-state index in [1.165, 1.54) is 24.9 Å². The molecule has 3 heteroatoms. The van der Waals surface area contributed by atoms with E-state index in [0.717, 1.165) is 25.4 Å². The Balaban J connectivity index is 1.95. The van der Waals surface area contributed by atoms with E-state index >= 15 is 0 Å². The summed E-state index contributed by atoms with van der Waals surface area (Å²) in [5.74, 6) is 0.966. The summed E-state index contributed by atoms with van der Waals surface area (Å²) in [7, 11) is 0. The highest BCUT2D eigenvalue weighted by Crippen LogP contribution is 2.18. The molecule has 1 heterocycles. The number of hydrogen-bond donors (Lipinski definition) is 1. The molecular weight excluding hydrogens is 248 g/mol. The molecule has 0 radical (unpaired) electrons. The van der Waals surface area contributed by atoms with Crippen LogP contribution in [0.25, 0.3) is 0 Å². The topological polar surface area (TPSA) is 24.5 Å². The fourth-order valence-corrected chi connectivity index (χ4v) is 2.81. The maximum Gasteiger partial charge on any atom is 0.119 e. The predicted octanol–water partition coefficient (Wildman–Crippen LogP) is 3.05. The zero-order valence-electron chi connectivity index (χ0n) is 13.1. The molecule has 20 heavy (non-hydrogen) atoms. The Morgan fingerprint density at radius 1 is 1.30 bits per heavy atom. The van der Waals surface area contributed by atoms with Crippen LogP contribution in [0.3, 0.4) is 0 Å². The van der Waals surface area contributed by atoms with Crippen molar-refractivity contribution < 1.29 is 4.74 Å². The van der Waals surface area contributed by atoms with Gasteiger partial charge in [0.25, 0.3) is 0 Å². The molecule has 1 saturated heterocycles. The van der Waals surface area contributed by atoms with E-state index in [1.54, 1.807) is 0 Å². The van der Waals surface area contributed by atoms with Crippen LogP contribution < -0.4 is 10.1 Å². The molecule has 1 atom stereocenters. The lowest BCUT2D eigenvalue weighted by molar-refractivity contribution is 0.199. The summed E-state index contributed by atoms with van der Waals surface area (Å²) < 4.78 is 5.70. The SMILES string of the molecule is CCCN(Cc1ccc(OC(C)C)cc1)C1CCNC1. The Morgan fingerprint density at radius 3 is 2.60 bits per heavy atom. The first-order valence-electron chi connectivity index (χ1n) is 7.89. The summed E-state index contributed by atoms with van der Waals surface area (Å²) in [6, 6.07) is 9.27. The van der Waals surface area contributed by atoms with E-state index in [4.69, 9.17) is 4.74 Å². The van der Waals surface area contributed by atoms with Crippen molar-refractivity contribution in [2.24, 2.45) is 0 Å².